The lowest BCUT2D eigenvalue weighted by Gasteiger charge is -2.31. The molecule has 3 heterocycles. The predicted octanol–water partition coefficient (Wildman–Crippen LogP) is 6.50. The summed E-state index contributed by atoms with van der Waals surface area (Å²) < 4.78 is 37.2. The number of aromatic nitrogens is 3. The maximum atomic E-state index is 13.1. The van der Waals surface area contributed by atoms with E-state index in [9.17, 15) is 13.6 Å². The zero-order chi connectivity index (χ0) is 28.7. The van der Waals surface area contributed by atoms with Crippen molar-refractivity contribution in [2.24, 2.45) is 11.8 Å². The molecular weight excluding hydrogens is 566 g/mol. The van der Waals surface area contributed by atoms with Crippen LogP contribution in [0.1, 0.15) is 71.6 Å². The minimum atomic E-state index is -2.86. The lowest BCUT2D eigenvalue weighted by atomic mass is 9.78. The highest BCUT2D eigenvalue weighted by molar-refractivity contribution is 7.13. The number of ether oxygens (including phenoxy) is 2. The van der Waals surface area contributed by atoms with Gasteiger partial charge >= 0.3 is 0 Å². The van der Waals surface area contributed by atoms with Crippen molar-refractivity contribution in [2.75, 3.05) is 19.7 Å². The number of hydrogen-bond acceptors (Lipinski definition) is 9. The summed E-state index contributed by atoms with van der Waals surface area (Å²) in [5.74, 6) is -1.46. The molecule has 7 nitrogen and oxygen atoms in total. The Morgan fingerprint density at radius 1 is 1.05 bits per heavy atom. The molecule has 41 heavy (non-hydrogen) atoms. The molecule has 5 rings (SSSR count). The summed E-state index contributed by atoms with van der Waals surface area (Å²) in [7, 11) is 0. The van der Waals surface area contributed by atoms with Gasteiger partial charge in [0.25, 0.3) is 11.1 Å². The second-order valence-electron chi connectivity index (χ2n) is 11.4. The van der Waals surface area contributed by atoms with E-state index in [1.807, 2.05) is 30.3 Å². The van der Waals surface area contributed by atoms with E-state index < -0.39 is 12.5 Å². The Bertz CT molecular complexity index is 1260. The van der Waals surface area contributed by atoms with Gasteiger partial charge in [-0.1, -0.05) is 65.8 Å². The first-order chi connectivity index (χ1) is 19.8. The number of Topliss-reactive ketones (excluding diaryl/α,β-unsaturated/α-hetero) is 1. The average Bonchev–Trinajstić information content (AvgIpc) is 3.57. The smallest absolute Gasteiger partial charge is 0.278 e. The minimum Gasteiger partial charge on any atom is -0.464 e. The number of alkyl halides is 2. The minimum absolute atomic E-state index is 0.250. The largest absolute Gasteiger partial charge is 0.464 e. The summed E-state index contributed by atoms with van der Waals surface area (Å²) in [5.41, 5.74) is 2.09. The van der Waals surface area contributed by atoms with Crippen molar-refractivity contribution in [2.45, 2.75) is 84.0 Å². The number of benzene rings is 1. The lowest BCUT2D eigenvalue weighted by molar-refractivity contribution is -0.119. The van der Waals surface area contributed by atoms with Crippen LogP contribution in [0.2, 0.25) is 0 Å². The van der Waals surface area contributed by atoms with Gasteiger partial charge in [-0.3, -0.25) is 9.69 Å². The van der Waals surface area contributed by atoms with Gasteiger partial charge in [0.1, 0.15) is 22.4 Å². The van der Waals surface area contributed by atoms with Crippen molar-refractivity contribution in [3.8, 4) is 5.19 Å². The Hall–Kier alpha value is -2.34. The molecule has 0 radical (unpaired) electrons. The highest BCUT2D eigenvalue weighted by atomic mass is 32.1. The van der Waals surface area contributed by atoms with E-state index in [4.69, 9.17) is 9.47 Å². The van der Waals surface area contributed by atoms with Crippen LogP contribution in [-0.4, -0.2) is 51.5 Å². The van der Waals surface area contributed by atoms with Gasteiger partial charge in [0, 0.05) is 31.3 Å². The third kappa shape index (κ3) is 9.59. The van der Waals surface area contributed by atoms with E-state index in [1.165, 1.54) is 35.5 Å². The zero-order valence-corrected chi connectivity index (χ0v) is 25.2. The molecule has 0 N–H and O–H groups in total. The van der Waals surface area contributed by atoms with Crippen molar-refractivity contribution in [1.82, 2.24) is 20.1 Å². The highest BCUT2D eigenvalue weighted by Gasteiger charge is 2.27. The van der Waals surface area contributed by atoms with Crippen LogP contribution < -0.4 is 4.74 Å². The maximum absolute atomic E-state index is 13.1. The number of rotatable bonds is 14. The van der Waals surface area contributed by atoms with Gasteiger partial charge in [0.2, 0.25) is 0 Å². The van der Waals surface area contributed by atoms with Crippen molar-refractivity contribution in [1.29, 1.82) is 0 Å². The molecule has 0 saturated heterocycles. The first-order valence-electron chi connectivity index (χ1n) is 14.5. The highest BCUT2D eigenvalue weighted by Crippen LogP contribution is 2.35. The van der Waals surface area contributed by atoms with E-state index in [2.05, 4.69) is 20.1 Å². The average molecular weight is 605 g/mol. The normalized spacial score (nSPS) is 19.7. The molecule has 2 aromatic heterocycles. The van der Waals surface area contributed by atoms with Crippen LogP contribution in [0.5, 0.6) is 5.19 Å². The van der Waals surface area contributed by atoms with Gasteiger partial charge in [-0.05, 0) is 49.6 Å². The fourth-order valence-corrected chi connectivity index (χ4v) is 7.29. The van der Waals surface area contributed by atoms with Crippen molar-refractivity contribution in [3.05, 3.63) is 56.5 Å². The van der Waals surface area contributed by atoms with Crippen molar-refractivity contribution >= 4 is 28.5 Å². The summed E-state index contributed by atoms with van der Waals surface area (Å²) in [6.07, 6.45) is 7.55. The van der Waals surface area contributed by atoms with Crippen LogP contribution in [0.3, 0.4) is 0 Å². The molecule has 0 spiro atoms. The van der Waals surface area contributed by atoms with E-state index in [0.29, 0.717) is 43.1 Å². The first-order valence-corrected chi connectivity index (χ1v) is 16.1. The number of hydrogen-bond donors (Lipinski definition) is 0. The molecule has 1 aliphatic carbocycles. The lowest BCUT2D eigenvalue weighted by Crippen LogP contribution is -2.32. The van der Waals surface area contributed by atoms with Crippen LogP contribution >= 0.6 is 22.7 Å². The van der Waals surface area contributed by atoms with E-state index >= 15 is 0 Å². The maximum Gasteiger partial charge on any atom is 0.278 e. The number of carbonyl (C=O) groups is 1. The van der Waals surface area contributed by atoms with E-state index in [0.717, 1.165) is 78.4 Å². The molecule has 0 amide bonds. The van der Waals surface area contributed by atoms with Gasteiger partial charge in [-0.2, -0.15) is 0 Å². The second kappa shape index (κ2) is 14.2. The number of halogens is 2. The fourth-order valence-electron chi connectivity index (χ4n) is 5.57. The van der Waals surface area contributed by atoms with Crippen LogP contribution in [0.25, 0.3) is 0 Å². The van der Waals surface area contributed by atoms with Crippen molar-refractivity contribution in [3.63, 3.8) is 0 Å². The number of carbonyl (C=O) groups excluding carboxylic acids is 1. The second-order valence-corrected chi connectivity index (χ2v) is 13.6. The molecule has 3 aromatic rings. The fraction of sp³-hybridized carbons (Fsp3) is 0.600. The predicted molar refractivity (Wildman–Crippen MR) is 155 cm³/mol. The number of ketones is 1. The molecule has 1 aromatic carbocycles. The van der Waals surface area contributed by atoms with Crippen molar-refractivity contribution < 1.29 is 23.0 Å². The molecule has 0 atom stereocenters. The molecule has 2 aliphatic rings. The van der Waals surface area contributed by atoms with Crippen LogP contribution in [0, 0.1) is 11.8 Å². The first kappa shape index (κ1) is 30.1. The van der Waals surface area contributed by atoms with E-state index in [1.54, 1.807) is 0 Å². The van der Waals surface area contributed by atoms with Gasteiger partial charge in [-0.15, -0.1) is 10.2 Å². The summed E-state index contributed by atoms with van der Waals surface area (Å²) >= 11 is 2.87. The Kier molecular flexibility index (Phi) is 10.4. The number of fused-ring (bicyclic) bond motifs is 1. The monoisotopic (exact) mass is 604 g/mol. The Labute approximate surface area is 248 Å². The standard InChI is InChI=1S/C30H38F2N4O3S2/c1-30(31,32)20-39-29-33-25-17-36(14-12-26(25)40-29)13-11-21-7-9-22(10-8-21)15-24(37)16-27-34-35-28(41-27)19-38-18-23-5-3-2-4-6-23/h2-6,21-22H,7-20H2,1H3. The molecule has 1 saturated carbocycles. The number of thiazole rings is 1. The third-order valence-corrected chi connectivity index (χ3v) is 9.73. The molecule has 1 fully saturated rings. The topological polar surface area (TPSA) is 77.4 Å². The van der Waals surface area contributed by atoms with Gasteiger partial charge in [0.15, 0.2) is 6.61 Å². The summed E-state index contributed by atoms with van der Waals surface area (Å²) in [6.45, 7) is 3.90. The van der Waals surface area contributed by atoms with Gasteiger partial charge in [-0.25, -0.2) is 13.8 Å². The molecular formula is C30H38F2N4O3S2. The SMILES string of the molecule is CC(F)(F)COc1nc2c(s1)CCN(CCC1CCC(CC(=O)Cc3nnc(COCc4ccccc4)s3)CC1)C2. The third-order valence-electron chi connectivity index (χ3n) is 7.77. The Morgan fingerprint density at radius 2 is 1.80 bits per heavy atom. The zero-order valence-electron chi connectivity index (χ0n) is 23.5. The van der Waals surface area contributed by atoms with Crippen LogP contribution in [-0.2, 0) is 42.1 Å². The molecule has 222 valence electrons. The number of nitrogens with zero attached hydrogens (tertiary/aromatic N) is 4. The van der Waals surface area contributed by atoms with Gasteiger partial charge in [0.05, 0.1) is 18.7 Å². The quantitative estimate of drug-likeness (QED) is 0.208. The Morgan fingerprint density at radius 3 is 2.59 bits per heavy atom. The molecule has 0 bridgehead atoms. The molecule has 11 heteroatoms. The summed E-state index contributed by atoms with van der Waals surface area (Å²) in [5, 5.41) is 10.3. The molecule has 1 aliphatic heterocycles. The van der Waals surface area contributed by atoms with Crippen LogP contribution in [0.15, 0.2) is 30.3 Å². The van der Waals surface area contributed by atoms with E-state index in [-0.39, 0.29) is 5.78 Å². The Balaban J connectivity index is 0.962. The summed E-state index contributed by atoms with van der Waals surface area (Å²) in [6, 6.07) is 10.0. The van der Waals surface area contributed by atoms with Gasteiger partial charge < -0.3 is 9.47 Å². The van der Waals surface area contributed by atoms with Crippen LogP contribution in [0.4, 0.5) is 8.78 Å². The molecule has 0 unspecified atom stereocenters. The summed E-state index contributed by atoms with van der Waals surface area (Å²) in [4.78, 5) is 20.8.